The Morgan fingerprint density at radius 3 is 2.80 bits per heavy atom. The zero-order valence-corrected chi connectivity index (χ0v) is 12.3. The monoisotopic (exact) mass is 292 g/mol. The van der Waals surface area contributed by atoms with E-state index in [9.17, 15) is 4.79 Å². The first kappa shape index (κ1) is 14.8. The molecule has 0 saturated carbocycles. The van der Waals surface area contributed by atoms with Crippen LogP contribution in [-0.4, -0.2) is 20.2 Å². The molecule has 0 N–H and O–H groups in total. The molecule has 1 aromatic carbocycles. The number of benzene rings is 1. The SMILES string of the molecule is COC(=O)CC1C=CC=CC1(OC)c1cccc(Cl)c1. The summed E-state index contributed by atoms with van der Waals surface area (Å²) in [6, 6.07) is 7.49. The lowest BCUT2D eigenvalue weighted by Gasteiger charge is -2.37. The quantitative estimate of drug-likeness (QED) is 0.797. The van der Waals surface area contributed by atoms with Gasteiger partial charge < -0.3 is 9.47 Å². The second kappa shape index (κ2) is 6.25. The van der Waals surface area contributed by atoms with Crippen LogP contribution in [0.25, 0.3) is 0 Å². The fourth-order valence-corrected chi connectivity index (χ4v) is 2.72. The molecule has 1 aromatic rings. The number of esters is 1. The van der Waals surface area contributed by atoms with Gasteiger partial charge in [0.15, 0.2) is 0 Å². The molecule has 0 amide bonds. The van der Waals surface area contributed by atoms with Crippen molar-refractivity contribution in [2.75, 3.05) is 14.2 Å². The molecule has 3 nitrogen and oxygen atoms in total. The molecule has 106 valence electrons. The van der Waals surface area contributed by atoms with Gasteiger partial charge in [0.2, 0.25) is 0 Å². The van der Waals surface area contributed by atoms with Crippen LogP contribution >= 0.6 is 11.6 Å². The molecule has 2 rings (SSSR count). The van der Waals surface area contributed by atoms with E-state index in [1.807, 2.05) is 48.6 Å². The minimum atomic E-state index is -0.701. The van der Waals surface area contributed by atoms with Crippen LogP contribution in [0.3, 0.4) is 0 Å². The number of hydrogen-bond acceptors (Lipinski definition) is 3. The Kier molecular flexibility index (Phi) is 4.63. The van der Waals surface area contributed by atoms with Crippen molar-refractivity contribution in [1.29, 1.82) is 0 Å². The molecule has 2 unspecified atom stereocenters. The third-order valence-corrected chi connectivity index (χ3v) is 3.81. The van der Waals surface area contributed by atoms with E-state index in [4.69, 9.17) is 21.1 Å². The minimum Gasteiger partial charge on any atom is -0.469 e. The summed E-state index contributed by atoms with van der Waals surface area (Å²) >= 11 is 6.07. The molecule has 1 aliphatic carbocycles. The highest BCUT2D eigenvalue weighted by atomic mass is 35.5. The van der Waals surface area contributed by atoms with Crippen molar-refractivity contribution in [1.82, 2.24) is 0 Å². The molecule has 0 fully saturated rings. The van der Waals surface area contributed by atoms with Crippen molar-refractivity contribution in [2.45, 2.75) is 12.0 Å². The molecule has 1 aliphatic rings. The number of ether oxygens (including phenoxy) is 2. The third-order valence-electron chi connectivity index (χ3n) is 3.58. The van der Waals surface area contributed by atoms with Crippen LogP contribution in [-0.2, 0) is 19.9 Å². The summed E-state index contributed by atoms with van der Waals surface area (Å²) < 4.78 is 10.5. The Hall–Kier alpha value is -1.58. The number of allylic oxidation sites excluding steroid dienone is 2. The maximum absolute atomic E-state index is 11.6. The van der Waals surface area contributed by atoms with Crippen molar-refractivity contribution in [2.24, 2.45) is 5.92 Å². The minimum absolute atomic E-state index is 0.136. The van der Waals surface area contributed by atoms with E-state index in [0.29, 0.717) is 5.02 Å². The maximum Gasteiger partial charge on any atom is 0.306 e. The summed E-state index contributed by atoms with van der Waals surface area (Å²) in [5, 5.41) is 0.638. The highest BCUT2D eigenvalue weighted by Crippen LogP contribution is 2.40. The lowest BCUT2D eigenvalue weighted by Crippen LogP contribution is -2.37. The predicted octanol–water partition coefficient (Wildman–Crippen LogP) is 3.49. The van der Waals surface area contributed by atoms with Crippen LogP contribution < -0.4 is 0 Å². The highest BCUT2D eigenvalue weighted by molar-refractivity contribution is 6.30. The van der Waals surface area contributed by atoms with Crippen LogP contribution in [0.2, 0.25) is 5.02 Å². The van der Waals surface area contributed by atoms with E-state index in [1.165, 1.54) is 7.11 Å². The largest absolute Gasteiger partial charge is 0.469 e. The van der Waals surface area contributed by atoms with Crippen LogP contribution in [0, 0.1) is 5.92 Å². The third kappa shape index (κ3) is 2.79. The van der Waals surface area contributed by atoms with Gasteiger partial charge >= 0.3 is 5.97 Å². The Balaban J connectivity index is 2.42. The average Bonchev–Trinajstić information content (AvgIpc) is 2.47. The van der Waals surface area contributed by atoms with Crippen molar-refractivity contribution in [3.63, 3.8) is 0 Å². The van der Waals surface area contributed by atoms with Gasteiger partial charge in [0.25, 0.3) is 0 Å². The van der Waals surface area contributed by atoms with E-state index in [0.717, 1.165) is 5.56 Å². The molecule has 0 spiro atoms. The summed E-state index contributed by atoms with van der Waals surface area (Å²) in [4.78, 5) is 11.6. The van der Waals surface area contributed by atoms with Crippen molar-refractivity contribution in [3.8, 4) is 0 Å². The number of carbonyl (C=O) groups is 1. The molecular weight excluding hydrogens is 276 g/mol. The number of rotatable bonds is 4. The predicted molar refractivity (Wildman–Crippen MR) is 78.5 cm³/mol. The molecule has 0 saturated heterocycles. The summed E-state index contributed by atoms with van der Waals surface area (Å²) in [6.07, 6.45) is 7.99. The first-order chi connectivity index (χ1) is 9.62. The highest BCUT2D eigenvalue weighted by Gasteiger charge is 2.39. The summed E-state index contributed by atoms with van der Waals surface area (Å²) in [7, 11) is 3.02. The van der Waals surface area contributed by atoms with E-state index >= 15 is 0 Å². The Morgan fingerprint density at radius 1 is 1.35 bits per heavy atom. The van der Waals surface area contributed by atoms with Crippen LogP contribution in [0.15, 0.2) is 48.6 Å². The average molecular weight is 293 g/mol. The Labute approximate surface area is 123 Å². The molecule has 4 heteroatoms. The lowest BCUT2D eigenvalue weighted by atomic mass is 9.76. The molecular formula is C16H17ClO3. The van der Waals surface area contributed by atoms with Crippen molar-refractivity contribution >= 4 is 17.6 Å². The standard InChI is InChI=1S/C16H17ClO3/c1-19-15(18)11-13-6-3-4-9-16(13,20-2)12-7-5-8-14(17)10-12/h3-10,13H,11H2,1-2H3. The topological polar surface area (TPSA) is 35.5 Å². The van der Waals surface area contributed by atoms with Gasteiger partial charge in [0, 0.05) is 18.1 Å². The van der Waals surface area contributed by atoms with Gasteiger partial charge in [-0.1, -0.05) is 42.0 Å². The van der Waals surface area contributed by atoms with Crippen LogP contribution in [0.5, 0.6) is 0 Å². The van der Waals surface area contributed by atoms with Crippen LogP contribution in [0.1, 0.15) is 12.0 Å². The molecule has 0 bridgehead atoms. The van der Waals surface area contributed by atoms with Crippen molar-refractivity contribution < 1.29 is 14.3 Å². The van der Waals surface area contributed by atoms with Gasteiger partial charge in [-0.2, -0.15) is 0 Å². The van der Waals surface area contributed by atoms with E-state index in [-0.39, 0.29) is 18.3 Å². The summed E-state index contributed by atoms with van der Waals surface area (Å²) in [6.45, 7) is 0. The second-order valence-electron chi connectivity index (χ2n) is 4.64. The van der Waals surface area contributed by atoms with Gasteiger partial charge in [-0.05, 0) is 23.8 Å². The molecule has 20 heavy (non-hydrogen) atoms. The van der Waals surface area contributed by atoms with E-state index < -0.39 is 5.60 Å². The summed E-state index contributed by atoms with van der Waals surface area (Å²) in [5.74, 6) is -0.401. The molecule has 0 aliphatic heterocycles. The van der Waals surface area contributed by atoms with Gasteiger partial charge in [0.1, 0.15) is 5.60 Å². The normalized spacial score (nSPS) is 24.6. The molecule has 0 radical (unpaired) electrons. The van der Waals surface area contributed by atoms with Gasteiger partial charge in [-0.25, -0.2) is 0 Å². The first-order valence-corrected chi connectivity index (χ1v) is 6.74. The van der Waals surface area contributed by atoms with E-state index in [2.05, 4.69) is 0 Å². The smallest absolute Gasteiger partial charge is 0.306 e. The molecule has 2 atom stereocenters. The Bertz CT molecular complexity index is 550. The number of carbonyl (C=O) groups excluding carboxylic acids is 1. The van der Waals surface area contributed by atoms with Gasteiger partial charge in [0.05, 0.1) is 13.5 Å². The Morgan fingerprint density at radius 2 is 2.15 bits per heavy atom. The molecule has 0 heterocycles. The lowest BCUT2D eigenvalue weighted by molar-refractivity contribution is -0.143. The maximum atomic E-state index is 11.6. The van der Waals surface area contributed by atoms with Crippen LogP contribution in [0.4, 0.5) is 0 Å². The second-order valence-corrected chi connectivity index (χ2v) is 5.07. The fourth-order valence-electron chi connectivity index (χ4n) is 2.52. The zero-order chi connectivity index (χ0) is 14.6. The van der Waals surface area contributed by atoms with E-state index in [1.54, 1.807) is 7.11 Å². The summed E-state index contributed by atoms with van der Waals surface area (Å²) in [5.41, 5.74) is 0.218. The number of methoxy groups -OCH3 is 2. The first-order valence-electron chi connectivity index (χ1n) is 6.36. The molecule has 0 aromatic heterocycles. The van der Waals surface area contributed by atoms with Gasteiger partial charge in [-0.3, -0.25) is 4.79 Å². The zero-order valence-electron chi connectivity index (χ0n) is 11.5. The number of halogens is 1. The number of hydrogen-bond donors (Lipinski definition) is 0. The fraction of sp³-hybridized carbons (Fsp3) is 0.312. The van der Waals surface area contributed by atoms with Gasteiger partial charge in [-0.15, -0.1) is 0 Å². The van der Waals surface area contributed by atoms with Crippen molar-refractivity contribution in [3.05, 3.63) is 59.2 Å².